The quantitative estimate of drug-likeness (QED) is 0.138. The first-order valence-corrected chi connectivity index (χ1v) is 75.7. The molecule has 9 nitrogen and oxygen atoms in total. The number of hydrogen-bond acceptors (Lipinski definition) is 9. The SMILES string of the molecule is CC(C)(C)c1cc2c3c(c1)Cc1cc(C(C)(C)C)cc4c1O[P+](Cl)(O3)Oc1c(cc(C(C)(C)C)cc1Cc1cc(C(C)(C)C)cc3c1O[P+]1(Cl)Oc5c(cc(C(C)(C)C)cc5Cc5cc(C(C)(C)C)cc6c5O[P+]5(Cl)Oc7c(cc(C(C)(C)C)cc7Cc7cc(C(C)(C)C)cc(c7O5)Cc5cc(C(C)(C)C)cc(c5O1)C4)C6)C3)C2.Cl[P-](Cl)(Cl)(Cl)(Cl)Cl.Cl[P-](Cl)(Cl)(Cl)(Cl)Cl.Cl[P-](Cl)(Cl)(Cl)(Cl)Cl. The van der Waals surface area contributed by atoms with E-state index in [-0.39, 0.29) is 56.2 Å². The molecule has 12 bridgehead atoms. The molecule has 0 aliphatic carbocycles. The maximum absolute atomic E-state index is 9.05. The standard InChI is InChI=1S/C99H117Cl3O9P3.3Cl6P/c1-91(2,3)73-37-55-28-59-41-75(93(7,8)9)45-63-32-67-49-79(97(19,20)21)51-69-35-71-53-81(99(25,26)27)54-72-36-70-52-80(98(22,23)24)50-68-33-64-46-76(94(10,11)12)42-60-29-56-38-74(92(4,5)6)40-58(83(56)104-113(101,106-85(60)64)110-89(68)70)31-62-44-78(96(16,17)18)48-66-34-65-47-77(95(13,14)15)43-61(86(65)107-114(102,108-87(62)66)111-90(71)72)30-57(39-73)82(55)103-112(100,105-84(59)63)109-88(67)69;3*1-7(2,3,4,5)6/h37-54H,28-36H2,1-27H3;;;/q+3;3*-1. The summed E-state index contributed by atoms with van der Waals surface area (Å²) in [7, 11) is -12.5. The fourth-order valence-electron chi connectivity index (χ4n) is 17.1. The fourth-order valence-corrected chi connectivity index (χ4v) is 23.4. The van der Waals surface area contributed by atoms with Gasteiger partial charge in [0.25, 0.3) is 0 Å². The van der Waals surface area contributed by atoms with Crippen LogP contribution in [0, 0.1) is 0 Å². The third kappa shape index (κ3) is 29.9. The van der Waals surface area contributed by atoms with E-state index in [4.69, 9.17) is 277 Å². The van der Waals surface area contributed by atoms with E-state index in [0.717, 1.165) is 139 Å². The van der Waals surface area contributed by atoms with Crippen molar-refractivity contribution in [1.29, 1.82) is 0 Å². The van der Waals surface area contributed by atoms with Crippen molar-refractivity contribution in [3.05, 3.63) is 259 Å². The van der Waals surface area contributed by atoms with Crippen molar-refractivity contribution in [2.24, 2.45) is 0 Å². The van der Waals surface area contributed by atoms with Gasteiger partial charge >= 0.3 is 230 Å². The van der Waals surface area contributed by atoms with Gasteiger partial charge in [-0.1, -0.05) is 296 Å². The zero-order chi connectivity index (χ0) is 101. The molecule has 0 fully saturated rings. The monoisotopic (exact) mass is 2370 g/mol. The van der Waals surface area contributed by atoms with E-state index in [1.807, 2.05) is 0 Å². The molecule has 135 heavy (non-hydrogen) atoms. The van der Waals surface area contributed by atoms with Crippen LogP contribution in [-0.2, 0) is 107 Å². The Labute approximate surface area is 899 Å². The predicted molar refractivity (Wildman–Crippen MR) is 602 cm³/mol. The molecule has 0 aromatic heterocycles. The van der Waals surface area contributed by atoms with E-state index in [0.29, 0.717) is 96.7 Å². The molecule has 0 amide bonds. The van der Waals surface area contributed by atoms with Crippen molar-refractivity contribution in [3.63, 3.8) is 0 Å². The molecule has 744 valence electrons. The Morgan fingerprint density at radius 1 is 0.156 bits per heavy atom. The molecule has 9 aromatic carbocycles. The first-order chi connectivity index (χ1) is 59.8. The summed E-state index contributed by atoms with van der Waals surface area (Å²) in [6.07, 6.45) is 3.55. The third-order valence-corrected chi connectivity index (χ3v) is 29.7. The topological polar surface area (TPSA) is 83.1 Å². The summed E-state index contributed by atoms with van der Waals surface area (Å²) in [6, 6.07) is 41.8. The second-order valence-electron chi connectivity index (χ2n) is 45.9. The van der Waals surface area contributed by atoms with Gasteiger partial charge in [-0.25, -0.2) is 0 Å². The van der Waals surface area contributed by atoms with Crippen LogP contribution in [0.5, 0.6) is 51.7 Å². The van der Waals surface area contributed by atoms with Gasteiger partial charge in [0.2, 0.25) is 33.7 Å². The van der Waals surface area contributed by atoms with Crippen LogP contribution in [0.2, 0.25) is 0 Å². The molecular formula is C99H117Cl21O9P6. The summed E-state index contributed by atoms with van der Waals surface area (Å²) in [5, 5.41) is 0. The first-order valence-electron chi connectivity index (χ1n) is 44.0. The van der Waals surface area contributed by atoms with Crippen LogP contribution in [0.3, 0.4) is 0 Å². The van der Waals surface area contributed by atoms with Crippen molar-refractivity contribution < 1.29 is 40.7 Å². The predicted octanol–water partition coefficient (Wildman–Crippen LogP) is 44.2. The number of rotatable bonds is 0. The molecular weight excluding hydrogens is 2260 g/mol. The average Bonchev–Trinajstić information content (AvgIpc) is 0.731. The molecule has 0 unspecified atom stereocenters. The third-order valence-electron chi connectivity index (χ3n) is 24.2. The molecule has 16 rings (SSSR count). The molecule has 7 heterocycles. The Kier molecular flexibility index (Phi) is 28.8. The molecule has 7 aliphatic heterocycles. The fraction of sp³-hybridized carbons (Fsp3) is 0.455. The Balaban J connectivity index is 0.000000660. The zero-order valence-electron chi connectivity index (χ0n) is 80.6. The van der Waals surface area contributed by atoms with E-state index in [1.165, 1.54) is 11.1 Å². The number of halogens is 21. The summed E-state index contributed by atoms with van der Waals surface area (Å²) >= 11 is 116. The van der Waals surface area contributed by atoms with Gasteiger partial charge in [-0.2, -0.15) is 0 Å². The normalized spacial score (nSPS) is 20.3. The Hall–Kier alpha value is -0.150. The minimum atomic E-state index is -4.82. The van der Waals surface area contributed by atoms with Gasteiger partial charge in [0.15, 0.2) is 51.7 Å². The summed E-state index contributed by atoms with van der Waals surface area (Å²) in [6.45, 7) is 61.7. The molecule has 0 N–H and O–H groups in total. The van der Waals surface area contributed by atoms with E-state index in [1.54, 1.807) is 0 Å². The van der Waals surface area contributed by atoms with Crippen LogP contribution < -0.4 is 40.7 Å². The average molecular weight is 2380 g/mol. The van der Waals surface area contributed by atoms with Gasteiger partial charge in [-0.3, -0.25) is 40.7 Å². The Bertz CT molecular complexity index is 5940. The van der Waals surface area contributed by atoms with E-state index >= 15 is 0 Å². The van der Waals surface area contributed by atoms with E-state index < -0.39 is 33.5 Å². The van der Waals surface area contributed by atoms with Crippen molar-refractivity contribution >= 4 is 264 Å². The van der Waals surface area contributed by atoms with Gasteiger partial charge in [-0.15, -0.1) is 0 Å². The molecule has 0 atom stereocenters. The van der Waals surface area contributed by atoms with Gasteiger partial charge < -0.3 is 0 Å². The Morgan fingerprint density at radius 3 is 0.267 bits per heavy atom. The molecule has 0 spiro atoms. The van der Waals surface area contributed by atoms with Crippen LogP contribution in [0.15, 0.2) is 109 Å². The van der Waals surface area contributed by atoms with Crippen molar-refractivity contribution in [2.45, 2.75) is 293 Å². The summed E-state index contributed by atoms with van der Waals surface area (Å²) < 4.78 is 56.3. The molecule has 36 heteroatoms. The van der Waals surface area contributed by atoms with Crippen LogP contribution in [-0.4, -0.2) is 0 Å². The summed E-state index contributed by atoms with van der Waals surface area (Å²) in [5.74, 6) is 5.50. The zero-order valence-corrected chi connectivity index (χ0v) is 102. The van der Waals surface area contributed by atoms with Crippen LogP contribution in [0.4, 0.5) is 0 Å². The minimum absolute atomic E-state index is 0.234. The molecule has 0 saturated heterocycles. The van der Waals surface area contributed by atoms with E-state index in [2.05, 4.69) is 296 Å². The molecule has 0 saturated carbocycles. The van der Waals surface area contributed by atoms with Gasteiger partial charge in [0.1, 0.15) is 0 Å². The van der Waals surface area contributed by atoms with Gasteiger partial charge in [0, 0.05) is 158 Å². The molecule has 9 aromatic rings. The van der Waals surface area contributed by atoms with Gasteiger partial charge in [-0.05, 0) is 98.8 Å². The van der Waals surface area contributed by atoms with Gasteiger partial charge in [0.05, 0.1) is 0 Å². The van der Waals surface area contributed by atoms with Crippen molar-refractivity contribution in [3.8, 4) is 51.7 Å². The summed E-state index contributed by atoms with van der Waals surface area (Å²) in [5.41, 5.74) is 24.2. The van der Waals surface area contributed by atoms with Crippen LogP contribution in [0.25, 0.3) is 0 Å². The van der Waals surface area contributed by atoms with Crippen molar-refractivity contribution in [2.75, 3.05) is 0 Å². The molecule has 0 radical (unpaired) electrons. The Morgan fingerprint density at radius 2 is 0.215 bits per heavy atom. The number of benzene rings is 9. The summed E-state index contributed by atoms with van der Waals surface area (Å²) in [4.78, 5) is 0. The second kappa shape index (κ2) is 34.7. The van der Waals surface area contributed by atoms with E-state index in [9.17, 15) is 0 Å². The number of hydrogen-bond donors (Lipinski definition) is 0. The van der Waals surface area contributed by atoms with Crippen molar-refractivity contribution in [1.82, 2.24) is 0 Å². The first kappa shape index (κ1) is 112. The second-order valence-corrected chi connectivity index (χ2v) is 129. The van der Waals surface area contributed by atoms with Crippen LogP contribution in [0.1, 0.15) is 337 Å². The maximum atomic E-state index is 9.05. The molecule has 7 aliphatic rings. The van der Waals surface area contributed by atoms with Crippen LogP contribution >= 0.6 is 264 Å².